The van der Waals surface area contributed by atoms with Crippen LogP contribution < -0.4 is 10.6 Å². The number of benzene rings is 1. The van der Waals surface area contributed by atoms with E-state index in [1.54, 1.807) is 0 Å². The fourth-order valence-corrected chi connectivity index (χ4v) is 4.91. The van der Waals surface area contributed by atoms with Crippen LogP contribution in [0.3, 0.4) is 0 Å². The fraction of sp³-hybridized carbons (Fsp3) is 0.619. The molecule has 1 saturated carbocycles. The number of piperidine rings is 1. The van der Waals surface area contributed by atoms with Crippen molar-refractivity contribution in [3.05, 3.63) is 34.6 Å². The molecular weight excluding hydrogens is 381 g/mol. The summed E-state index contributed by atoms with van der Waals surface area (Å²) in [5.41, 5.74) is 0.272. The zero-order chi connectivity index (χ0) is 19.9. The Morgan fingerprint density at radius 2 is 1.89 bits per heavy atom. The van der Waals surface area contributed by atoms with E-state index in [0.717, 1.165) is 38.5 Å². The first-order valence-electron chi connectivity index (χ1n) is 10.1. The molecule has 0 aromatic heterocycles. The Bertz CT molecular complexity index is 749. The van der Waals surface area contributed by atoms with Gasteiger partial charge in [-0.1, -0.05) is 11.6 Å². The number of nitrogens with zero attached hydrogens (tertiary/aromatic N) is 1. The molecule has 1 aromatic rings. The monoisotopic (exact) mass is 407 g/mol. The molecule has 2 heterocycles. The van der Waals surface area contributed by atoms with Crippen molar-refractivity contribution < 1.29 is 14.0 Å². The van der Waals surface area contributed by atoms with Crippen LogP contribution in [0.15, 0.2) is 18.2 Å². The van der Waals surface area contributed by atoms with E-state index in [4.69, 9.17) is 11.6 Å². The Hall–Kier alpha value is -1.66. The van der Waals surface area contributed by atoms with Crippen molar-refractivity contribution in [1.29, 1.82) is 0 Å². The standard InChI is InChI=1S/C21H27ClFN3O2/c1-21(4-5-21)25-19(27)12-26-17-2-3-18(26)7-13(6-17)11-24-20(28)14-8-15(22)10-16(23)9-14/h8-10,13,17-18H,2-7,11-12H2,1H3,(H,24,28)(H,25,27)/t13-,17-,18+. The van der Waals surface area contributed by atoms with Gasteiger partial charge in [0.25, 0.3) is 5.91 Å². The zero-order valence-electron chi connectivity index (χ0n) is 16.1. The molecule has 1 aromatic carbocycles. The third-order valence-corrected chi connectivity index (χ3v) is 6.64. The SMILES string of the molecule is CC1(NC(=O)CN2[C@@H]3CC[C@H]2C[C@H](CNC(=O)c2cc(F)cc(Cl)c2)C3)CC1. The van der Waals surface area contributed by atoms with E-state index < -0.39 is 5.82 Å². The highest BCUT2D eigenvalue weighted by molar-refractivity contribution is 6.31. The molecule has 0 unspecified atom stereocenters. The van der Waals surface area contributed by atoms with E-state index >= 15 is 0 Å². The van der Waals surface area contributed by atoms with Gasteiger partial charge in [-0.3, -0.25) is 14.5 Å². The molecule has 2 amide bonds. The summed E-state index contributed by atoms with van der Waals surface area (Å²) in [6.07, 6.45) is 6.32. The van der Waals surface area contributed by atoms with Crippen molar-refractivity contribution in [2.24, 2.45) is 5.92 Å². The molecule has 28 heavy (non-hydrogen) atoms. The van der Waals surface area contributed by atoms with Crippen molar-refractivity contribution in [2.75, 3.05) is 13.1 Å². The smallest absolute Gasteiger partial charge is 0.251 e. The number of nitrogens with one attached hydrogen (secondary N) is 2. The van der Waals surface area contributed by atoms with Crippen molar-refractivity contribution in [3.8, 4) is 0 Å². The number of carbonyl (C=O) groups excluding carboxylic acids is 2. The molecular formula is C21H27ClFN3O2. The minimum Gasteiger partial charge on any atom is -0.352 e. The maximum atomic E-state index is 13.4. The molecule has 7 heteroatoms. The molecule has 4 rings (SSSR count). The van der Waals surface area contributed by atoms with Crippen molar-refractivity contribution in [2.45, 2.75) is 63.1 Å². The highest BCUT2D eigenvalue weighted by atomic mass is 35.5. The van der Waals surface area contributed by atoms with Crippen LogP contribution in [0.2, 0.25) is 5.02 Å². The van der Waals surface area contributed by atoms with Crippen LogP contribution in [0.1, 0.15) is 55.8 Å². The van der Waals surface area contributed by atoms with Crippen molar-refractivity contribution in [1.82, 2.24) is 15.5 Å². The van der Waals surface area contributed by atoms with Gasteiger partial charge in [-0.25, -0.2) is 4.39 Å². The average Bonchev–Trinajstić information content (AvgIpc) is 3.30. The largest absolute Gasteiger partial charge is 0.352 e. The summed E-state index contributed by atoms with van der Waals surface area (Å²) in [4.78, 5) is 27.0. The summed E-state index contributed by atoms with van der Waals surface area (Å²) in [5, 5.41) is 6.29. The molecule has 3 atom stereocenters. The minimum absolute atomic E-state index is 0.0263. The van der Waals surface area contributed by atoms with Gasteiger partial charge in [0.05, 0.1) is 6.54 Å². The summed E-state index contributed by atoms with van der Waals surface area (Å²) >= 11 is 5.83. The Labute approximate surface area is 170 Å². The first-order valence-corrected chi connectivity index (χ1v) is 10.5. The van der Waals surface area contributed by atoms with Crippen LogP contribution in [-0.4, -0.2) is 47.4 Å². The first kappa shape index (κ1) is 19.6. The summed E-state index contributed by atoms with van der Waals surface area (Å²) in [7, 11) is 0. The lowest BCUT2D eigenvalue weighted by atomic mass is 9.90. The molecule has 3 aliphatic rings. The number of hydrogen-bond donors (Lipinski definition) is 2. The first-order chi connectivity index (χ1) is 13.3. The van der Waals surface area contributed by atoms with Crippen LogP contribution in [0, 0.1) is 11.7 Å². The predicted octanol–water partition coefficient (Wildman–Crippen LogP) is 3.12. The molecule has 152 valence electrons. The van der Waals surface area contributed by atoms with Crippen LogP contribution in [0.5, 0.6) is 0 Å². The minimum atomic E-state index is -0.512. The van der Waals surface area contributed by atoms with E-state index in [-0.39, 0.29) is 27.9 Å². The van der Waals surface area contributed by atoms with Gasteiger partial charge in [0.2, 0.25) is 5.91 Å². The van der Waals surface area contributed by atoms with Gasteiger partial charge in [-0.15, -0.1) is 0 Å². The molecule has 2 N–H and O–H groups in total. The maximum absolute atomic E-state index is 13.4. The van der Waals surface area contributed by atoms with Crippen molar-refractivity contribution in [3.63, 3.8) is 0 Å². The lowest BCUT2D eigenvalue weighted by Gasteiger charge is -2.38. The van der Waals surface area contributed by atoms with E-state index in [1.807, 2.05) is 0 Å². The van der Waals surface area contributed by atoms with E-state index in [2.05, 4.69) is 22.5 Å². The van der Waals surface area contributed by atoms with Gasteiger partial charge in [-0.05, 0) is 69.6 Å². The van der Waals surface area contributed by atoms with Gasteiger partial charge in [0, 0.05) is 34.8 Å². The topological polar surface area (TPSA) is 61.4 Å². The van der Waals surface area contributed by atoms with Gasteiger partial charge in [0.15, 0.2) is 0 Å². The summed E-state index contributed by atoms with van der Waals surface area (Å²) in [6, 6.07) is 4.67. The molecule has 2 bridgehead atoms. The second-order valence-corrected chi connectivity index (χ2v) is 9.31. The summed E-state index contributed by atoms with van der Waals surface area (Å²) in [6.45, 7) is 3.14. The van der Waals surface area contributed by atoms with Crippen LogP contribution in [-0.2, 0) is 4.79 Å². The van der Waals surface area contributed by atoms with Crippen LogP contribution in [0.25, 0.3) is 0 Å². The second-order valence-electron chi connectivity index (χ2n) is 8.87. The van der Waals surface area contributed by atoms with Gasteiger partial charge in [-0.2, -0.15) is 0 Å². The highest BCUT2D eigenvalue weighted by Gasteiger charge is 2.43. The van der Waals surface area contributed by atoms with Gasteiger partial charge in [0.1, 0.15) is 5.82 Å². The number of hydrogen-bond acceptors (Lipinski definition) is 3. The number of amides is 2. The van der Waals surface area contributed by atoms with Crippen LogP contribution >= 0.6 is 11.6 Å². The number of carbonyl (C=O) groups is 2. The number of rotatable bonds is 6. The third-order valence-electron chi connectivity index (χ3n) is 6.43. The quantitative estimate of drug-likeness (QED) is 0.761. The lowest BCUT2D eigenvalue weighted by Crippen LogP contribution is -2.50. The highest BCUT2D eigenvalue weighted by Crippen LogP contribution is 2.39. The van der Waals surface area contributed by atoms with Gasteiger partial charge >= 0.3 is 0 Å². The zero-order valence-corrected chi connectivity index (χ0v) is 16.9. The normalized spacial score (nSPS) is 28.0. The Balaban J connectivity index is 1.28. The molecule has 1 aliphatic carbocycles. The molecule has 2 aliphatic heterocycles. The number of fused-ring (bicyclic) bond motifs is 2. The number of halogens is 2. The molecule has 3 fully saturated rings. The molecule has 0 spiro atoms. The van der Waals surface area contributed by atoms with E-state index in [0.29, 0.717) is 31.1 Å². The summed E-state index contributed by atoms with van der Waals surface area (Å²) < 4.78 is 13.4. The van der Waals surface area contributed by atoms with Crippen molar-refractivity contribution >= 4 is 23.4 Å². The van der Waals surface area contributed by atoms with E-state index in [1.165, 1.54) is 18.2 Å². The molecule has 5 nitrogen and oxygen atoms in total. The molecule has 0 radical (unpaired) electrons. The average molecular weight is 408 g/mol. The predicted molar refractivity (Wildman–Crippen MR) is 106 cm³/mol. The maximum Gasteiger partial charge on any atom is 0.251 e. The Morgan fingerprint density at radius 1 is 1.21 bits per heavy atom. The Kier molecular flexibility index (Phi) is 5.36. The fourth-order valence-electron chi connectivity index (χ4n) is 4.69. The van der Waals surface area contributed by atoms with Crippen LogP contribution in [0.4, 0.5) is 4.39 Å². The second kappa shape index (κ2) is 7.64. The van der Waals surface area contributed by atoms with Gasteiger partial charge < -0.3 is 10.6 Å². The molecule has 2 saturated heterocycles. The lowest BCUT2D eigenvalue weighted by molar-refractivity contribution is -0.124. The Morgan fingerprint density at radius 3 is 2.50 bits per heavy atom. The third kappa shape index (κ3) is 4.49. The van der Waals surface area contributed by atoms with E-state index in [9.17, 15) is 14.0 Å². The summed E-state index contributed by atoms with van der Waals surface area (Å²) in [5.74, 6) is -0.298.